The maximum Gasteiger partial charge on any atom is 0.0582 e. The number of aliphatic hydroxyl groups excluding tert-OH is 2. The first-order valence-corrected chi connectivity index (χ1v) is 7.40. The molecule has 0 radical (unpaired) electrons. The summed E-state index contributed by atoms with van der Waals surface area (Å²) in [7, 11) is 0. The van der Waals surface area contributed by atoms with Crippen LogP contribution in [0.4, 0.5) is 0 Å². The summed E-state index contributed by atoms with van der Waals surface area (Å²) in [5.74, 6) is 1.97. The first-order chi connectivity index (χ1) is 7.20. The van der Waals surface area contributed by atoms with Crippen LogP contribution in [0.2, 0.25) is 0 Å². The smallest absolute Gasteiger partial charge is 0.0582 e. The van der Waals surface area contributed by atoms with Crippen LogP contribution in [0.15, 0.2) is 0 Å². The number of hydrogen-bond acceptors (Lipinski definition) is 6. The van der Waals surface area contributed by atoms with Gasteiger partial charge in [0.15, 0.2) is 0 Å². The van der Waals surface area contributed by atoms with E-state index in [1.54, 1.807) is 0 Å². The van der Waals surface area contributed by atoms with Crippen LogP contribution in [-0.2, 0) is 0 Å². The zero-order valence-corrected chi connectivity index (χ0v) is 10.6. The van der Waals surface area contributed by atoms with Crippen molar-refractivity contribution >= 4 is 23.5 Å². The summed E-state index contributed by atoms with van der Waals surface area (Å²) in [5.41, 5.74) is 11.1. The second-order valence-electron chi connectivity index (χ2n) is 3.40. The Balaban J connectivity index is 3.05. The number of nitrogens with two attached hydrogens (primary N) is 2. The molecule has 0 aromatic heterocycles. The zero-order valence-electron chi connectivity index (χ0n) is 8.97. The molecule has 0 saturated carbocycles. The third-order valence-electron chi connectivity index (χ3n) is 1.90. The Hall–Kier alpha value is 0.540. The van der Waals surface area contributed by atoms with Gasteiger partial charge < -0.3 is 21.7 Å². The lowest BCUT2D eigenvalue weighted by molar-refractivity contribution is 0.263. The average Bonchev–Trinajstić information content (AvgIpc) is 2.26. The molecule has 0 spiro atoms. The van der Waals surface area contributed by atoms with E-state index in [0.717, 1.165) is 29.4 Å². The topological polar surface area (TPSA) is 92.5 Å². The molecule has 2 unspecified atom stereocenters. The molecule has 15 heavy (non-hydrogen) atoms. The van der Waals surface area contributed by atoms with Gasteiger partial charge in [-0.3, -0.25) is 0 Å². The van der Waals surface area contributed by atoms with Gasteiger partial charge in [0.25, 0.3) is 0 Å². The zero-order chi connectivity index (χ0) is 11.5. The fraction of sp³-hybridized carbons (Fsp3) is 1.00. The molecule has 0 saturated heterocycles. The van der Waals surface area contributed by atoms with Crippen molar-refractivity contribution in [2.24, 2.45) is 11.5 Å². The number of thioether (sulfide) groups is 2. The van der Waals surface area contributed by atoms with Gasteiger partial charge in [0.05, 0.1) is 13.2 Å². The minimum Gasteiger partial charge on any atom is -0.395 e. The Morgan fingerprint density at radius 3 is 1.60 bits per heavy atom. The summed E-state index contributed by atoms with van der Waals surface area (Å²) in [6.07, 6.45) is 1.72. The van der Waals surface area contributed by atoms with Gasteiger partial charge in [-0.05, 0) is 24.3 Å². The van der Waals surface area contributed by atoms with E-state index < -0.39 is 0 Å². The van der Waals surface area contributed by atoms with Crippen LogP contribution in [0, 0.1) is 0 Å². The lowest BCUT2D eigenvalue weighted by Crippen LogP contribution is -2.25. The largest absolute Gasteiger partial charge is 0.395 e. The van der Waals surface area contributed by atoms with Crippen molar-refractivity contribution < 1.29 is 10.2 Å². The van der Waals surface area contributed by atoms with E-state index in [2.05, 4.69) is 0 Å². The maximum atomic E-state index is 8.69. The van der Waals surface area contributed by atoms with Gasteiger partial charge in [-0.1, -0.05) is 0 Å². The highest BCUT2D eigenvalue weighted by molar-refractivity contribution is 8.15. The molecule has 4 nitrogen and oxygen atoms in total. The van der Waals surface area contributed by atoms with E-state index in [9.17, 15) is 0 Å². The lowest BCUT2D eigenvalue weighted by atomic mass is 10.3. The predicted molar refractivity (Wildman–Crippen MR) is 69.1 cm³/mol. The fourth-order valence-electron chi connectivity index (χ4n) is 0.829. The summed E-state index contributed by atoms with van der Waals surface area (Å²) in [6.45, 7) is 0.137. The molecule has 0 aliphatic rings. The Labute approximate surface area is 100 Å². The van der Waals surface area contributed by atoms with Crippen molar-refractivity contribution in [3.63, 3.8) is 0 Å². The fourth-order valence-corrected chi connectivity index (χ4v) is 3.18. The molecule has 0 aromatic carbocycles. The summed E-state index contributed by atoms with van der Waals surface area (Å²) >= 11 is 3.65. The van der Waals surface area contributed by atoms with Crippen molar-refractivity contribution in [3.8, 4) is 0 Å². The Bertz CT molecular complexity index is 127. The predicted octanol–water partition coefficient (Wildman–Crippen LogP) is -0.170. The number of hydrogen-bond donors (Lipinski definition) is 4. The summed E-state index contributed by atoms with van der Waals surface area (Å²) in [5, 5.41) is 18.4. The van der Waals surface area contributed by atoms with E-state index in [-0.39, 0.29) is 25.3 Å². The molecule has 0 amide bonds. The van der Waals surface area contributed by atoms with Crippen molar-refractivity contribution in [1.82, 2.24) is 0 Å². The summed E-state index contributed by atoms with van der Waals surface area (Å²) in [6, 6.07) is -0.157. The Morgan fingerprint density at radius 1 is 0.867 bits per heavy atom. The first kappa shape index (κ1) is 15.5. The molecular weight excluding hydrogens is 232 g/mol. The Morgan fingerprint density at radius 2 is 1.27 bits per heavy atom. The third-order valence-corrected chi connectivity index (χ3v) is 4.28. The molecule has 92 valence electrons. The number of aliphatic hydroxyl groups is 2. The van der Waals surface area contributed by atoms with Crippen molar-refractivity contribution in [3.05, 3.63) is 0 Å². The quantitative estimate of drug-likeness (QED) is 0.319. The van der Waals surface area contributed by atoms with Gasteiger partial charge in [0.1, 0.15) is 0 Å². The van der Waals surface area contributed by atoms with Gasteiger partial charge in [-0.15, -0.1) is 0 Å². The monoisotopic (exact) mass is 254 g/mol. The number of rotatable bonds is 10. The van der Waals surface area contributed by atoms with Crippen molar-refractivity contribution in [2.75, 3.05) is 29.8 Å². The second kappa shape index (κ2) is 11.0. The molecule has 0 fully saturated rings. The van der Waals surface area contributed by atoms with Crippen LogP contribution in [0.25, 0.3) is 0 Å². The molecule has 0 aliphatic carbocycles. The van der Waals surface area contributed by atoms with Crippen molar-refractivity contribution in [2.45, 2.75) is 24.9 Å². The third kappa shape index (κ3) is 10.8. The van der Waals surface area contributed by atoms with Crippen molar-refractivity contribution in [1.29, 1.82) is 0 Å². The van der Waals surface area contributed by atoms with Crippen LogP contribution in [0.5, 0.6) is 0 Å². The Kier molecular flexibility index (Phi) is 11.4. The molecule has 0 rings (SSSR count). The van der Waals surface area contributed by atoms with Crippen LogP contribution in [-0.4, -0.2) is 52.1 Å². The van der Waals surface area contributed by atoms with E-state index in [0.29, 0.717) is 0 Å². The molecule has 0 aromatic rings. The van der Waals surface area contributed by atoms with E-state index in [4.69, 9.17) is 21.7 Å². The highest BCUT2D eigenvalue weighted by atomic mass is 32.2. The SMILES string of the molecule is NC(CO)CCSCSCCC(N)CO. The molecule has 0 heterocycles. The molecule has 0 bridgehead atoms. The highest BCUT2D eigenvalue weighted by Gasteiger charge is 2.01. The van der Waals surface area contributed by atoms with E-state index in [1.807, 2.05) is 23.5 Å². The first-order valence-electron chi connectivity index (χ1n) is 5.09. The van der Waals surface area contributed by atoms with Crippen LogP contribution < -0.4 is 11.5 Å². The van der Waals surface area contributed by atoms with E-state index in [1.165, 1.54) is 0 Å². The van der Waals surface area contributed by atoms with Crippen LogP contribution in [0.3, 0.4) is 0 Å². The molecule has 6 heteroatoms. The van der Waals surface area contributed by atoms with Gasteiger partial charge in [-0.2, -0.15) is 23.5 Å². The van der Waals surface area contributed by atoms with Crippen LogP contribution in [0.1, 0.15) is 12.8 Å². The standard InChI is InChI=1S/C9H22N2O2S2/c10-8(5-12)1-3-14-7-15-4-2-9(11)6-13/h8-9,12-13H,1-7,10-11H2. The van der Waals surface area contributed by atoms with Gasteiger partial charge in [-0.25, -0.2) is 0 Å². The normalized spacial score (nSPS) is 15.2. The molecule has 0 aliphatic heterocycles. The van der Waals surface area contributed by atoms with Gasteiger partial charge in [0.2, 0.25) is 0 Å². The summed E-state index contributed by atoms with van der Waals surface area (Å²) in [4.78, 5) is 0. The lowest BCUT2D eigenvalue weighted by Gasteiger charge is -2.08. The molecule has 2 atom stereocenters. The minimum atomic E-state index is -0.0784. The molecule has 6 N–H and O–H groups in total. The van der Waals surface area contributed by atoms with Gasteiger partial charge in [0, 0.05) is 17.2 Å². The van der Waals surface area contributed by atoms with Gasteiger partial charge >= 0.3 is 0 Å². The summed E-state index contributed by atoms with van der Waals surface area (Å²) < 4.78 is 0. The molecular formula is C9H22N2O2S2. The minimum absolute atomic E-state index is 0.0685. The maximum absolute atomic E-state index is 8.69. The second-order valence-corrected chi connectivity index (χ2v) is 5.97. The van der Waals surface area contributed by atoms with E-state index >= 15 is 0 Å². The van der Waals surface area contributed by atoms with Crippen LogP contribution >= 0.6 is 23.5 Å². The highest BCUT2D eigenvalue weighted by Crippen LogP contribution is 2.14. The average molecular weight is 254 g/mol.